The summed E-state index contributed by atoms with van der Waals surface area (Å²) in [6.07, 6.45) is 54.2. The standard InChI is InChI=1S/C79H154O17P2/c1-9-71(7)57-49-41-33-26-22-18-15-16-20-24-28-35-45-53-61-78(83)95-74(65-89-76(81)59-51-43-34-27-23-19-14-12-11-13-17-21-25-31-39-47-55-69(3)4)67-93-97(85,86)91-63-73(80)64-92-98(87,88)94-68-75(66-90-77(82)60-52-44-38-37-42-50-58-72(8)10-2)96-79(84)62-54-46-36-30-29-32-40-48-56-70(5)6/h69-75,80H,9-68H2,1-8H3,(H,85,86)(H,87,88)/t71?,72?,73-,74-,75-/m1/s1. The molecule has 0 radical (unpaired) electrons. The molecule has 4 unspecified atom stereocenters. The van der Waals surface area contributed by atoms with Crippen LogP contribution in [-0.2, 0) is 65.4 Å². The summed E-state index contributed by atoms with van der Waals surface area (Å²) in [7, 11) is -9.92. The number of phosphoric ester groups is 2. The average Bonchev–Trinajstić information content (AvgIpc) is 1.28. The van der Waals surface area contributed by atoms with Crippen LogP contribution in [0.1, 0.15) is 402 Å². The molecule has 582 valence electrons. The van der Waals surface area contributed by atoms with E-state index >= 15 is 0 Å². The Balaban J connectivity index is 5.23. The van der Waals surface area contributed by atoms with E-state index in [2.05, 4.69) is 55.4 Å². The Kier molecular flexibility index (Phi) is 66.8. The first-order valence-electron chi connectivity index (χ1n) is 40.8. The zero-order valence-corrected chi connectivity index (χ0v) is 66.2. The van der Waals surface area contributed by atoms with Crippen LogP contribution in [0.3, 0.4) is 0 Å². The number of hydrogen-bond donors (Lipinski definition) is 3. The van der Waals surface area contributed by atoms with Crippen LogP contribution in [0.15, 0.2) is 0 Å². The molecule has 0 saturated heterocycles. The normalized spacial score (nSPS) is 14.6. The summed E-state index contributed by atoms with van der Waals surface area (Å²) in [4.78, 5) is 72.9. The lowest BCUT2D eigenvalue weighted by Crippen LogP contribution is -2.30. The molecule has 0 aliphatic heterocycles. The van der Waals surface area contributed by atoms with Gasteiger partial charge in [-0.1, -0.05) is 351 Å². The maximum Gasteiger partial charge on any atom is 0.472 e. The number of carbonyl (C=O) groups is 4. The third-order valence-corrected chi connectivity index (χ3v) is 20.9. The molecule has 0 heterocycles. The smallest absolute Gasteiger partial charge is 0.462 e. The molecule has 0 aliphatic carbocycles. The van der Waals surface area contributed by atoms with Crippen molar-refractivity contribution in [2.75, 3.05) is 39.6 Å². The number of aliphatic hydroxyl groups is 1. The summed E-state index contributed by atoms with van der Waals surface area (Å²) in [6, 6.07) is 0. The number of phosphoric acid groups is 2. The van der Waals surface area contributed by atoms with Crippen molar-refractivity contribution in [1.82, 2.24) is 0 Å². The van der Waals surface area contributed by atoms with Gasteiger partial charge in [-0.05, 0) is 49.4 Å². The molecule has 0 rings (SSSR count). The highest BCUT2D eigenvalue weighted by atomic mass is 31.2. The first-order valence-corrected chi connectivity index (χ1v) is 43.8. The molecule has 0 spiro atoms. The summed E-state index contributed by atoms with van der Waals surface area (Å²) in [6.45, 7) is 14.2. The van der Waals surface area contributed by atoms with Crippen LogP contribution in [0.2, 0.25) is 0 Å². The molecular weight excluding hydrogens is 1280 g/mol. The third kappa shape index (κ3) is 69.8. The molecule has 17 nitrogen and oxygen atoms in total. The van der Waals surface area contributed by atoms with Gasteiger partial charge in [0, 0.05) is 25.7 Å². The van der Waals surface area contributed by atoms with Crippen molar-refractivity contribution in [1.29, 1.82) is 0 Å². The number of aliphatic hydroxyl groups excluding tert-OH is 1. The zero-order valence-electron chi connectivity index (χ0n) is 64.4. The molecular formula is C79H154O17P2. The molecule has 0 aliphatic rings. The fourth-order valence-electron chi connectivity index (χ4n) is 12.0. The summed E-state index contributed by atoms with van der Waals surface area (Å²) in [5.41, 5.74) is 0. The van der Waals surface area contributed by atoms with Gasteiger partial charge in [-0.2, -0.15) is 0 Å². The zero-order chi connectivity index (χ0) is 72.4. The minimum absolute atomic E-state index is 0.103. The molecule has 3 N–H and O–H groups in total. The Morgan fingerprint density at radius 2 is 0.490 bits per heavy atom. The highest BCUT2D eigenvalue weighted by Gasteiger charge is 2.30. The van der Waals surface area contributed by atoms with Crippen molar-refractivity contribution >= 4 is 39.5 Å². The van der Waals surface area contributed by atoms with Gasteiger partial charge in [-0.15, -0.1) is 0 Å². The first-order chi connectivity index (χ1) is 47.2. The van der Waals surface area contributed by atoms with E-state index in [9.17, 15) is 43.2 Å². The Morgan fingerprint density at radius 1 is 0.286 bits per heavy atom. The van der Waals surface area contributed by atoms with E-state index < -0.39 is 97.5 Å². The third-order valence-electron chi connectivity index (χ3n) is 19.0. The van der Waals surface area contributed by atoms with E-state index in [0.29, 0.717) is 25.7 Å². The molecule has 7 atom stereocenters. The van der Waals surface area contributed by atoms with Crippen molar-refractivity contribution in [3.8, 4) is 0 Å². The molecule has 19 heteroatoms. The Morgan fingerprint density at radius 3 is 0.724 bits per heavy atom. The maximum absolute atomic E-state index is 13.1. The van der Waals surface area contributed by atoms with E-state index in [1.807, 2.05) is 0 Å². The molecule has 0 amide bonds. The summed E-state index contributed by atoms with van der Waals surface area (Å²) < 4.78 is 68.6. The minimum Gasteiger partial charge on any atom is -0.462 e. The number of carbonyl (C=O) groups excluding carboxylic acids is 4. The fourth-order valence-corrected chi connectivity index (χ4v) is 13.6. The van der Waals surface area contributed by atoms with Gasteiger partial charge in [0.25, 0.3) is 0 Å². The lowest BCUT2D eigenvalue weighted by atomic mass is 9.99. The van der Waals surface area contributed by atoms with E-state index in [-0.39, 0.29) is 25.7 Å². The van der Waals surface area contributed by atoms with Crippen molar-refractivity contribution in [2.45, 2.75) is 420 Å². The second-order valence-corrected chi connectivity index (χ2v) is 32.8. The highest BCUT2D eigenvalue weighted by Crippen LogP contribution is 2.45. The number of hydrogen-bond acceptors (Lipinski definition) is 15. The van der Waals surface area contributed by atoms with Gasteiger partial charge < -0.3 is 33.8 Å². The Bertz CT molecular complexity index is 1920. The van der Waals surface area contributed by atoms with Gasteiger partial charge in [0.1, 0.15) is 19.3 Å². The van der Waals surface area contributed by atoms with E-state index in [4.69, 9.17) is 37.0 Å². The van der Waals surface area contributed by atoms with Crippen molar-refractivity contribution in [2.24, 2.45) is 23.7 Å². The van der Waals surface area contributed by atoms with Crippen LogP contribution in [0, 0.1) is 23.7 Å². The van der Waals surface area contributed by atoms with Crippen molar-refractivity contribution in [3.05, 3.63) is 0 Å². The summed E-state index contributed by atoms with van der Waals surface area (Å²) in [5, 5.41) is 10.6. The van der Waals surface area contributed by atoms with Gasteiger partial charge in [0.15, 0.2) is 12.2 Å². The maximum atomic E-state index is 13.1. The van der Waals surface area contributed by atoms with Gasteiger partial charge in [-0.3, -0.25) is 37.3 Å². The Labute approximate surface area is 600 Å². The van der Waals surface area contributed by atoms with Crippen molar-refractivity contribution < 1.29 is 80.2 Å². The van der Waals surface area contributed by atoms with E-state index in [1.165, 1.54) is 199 Å². The molecule has 0 aromatic rings. The minimum atomic E-state index is -4.96. The lowest BCUT2D eigenvalue weighted by molar-refractivity contribution is -0.161. The number of ether oxygens (including phenoxy) is 4. The number of esters is 4. The largest absolute Gasteiger partial charge is 0.472 e. The molecule has 0 aromatic carbocycles. The van der Waals surface area contributed by atoms with Crippen LogP contribution in [-0.4, -0.2) is 96.7 Å². The second kappa shape index (κ2) is 68.2. The van der Waals surface area contributed by atoms with Gasteiger partial charge in [0.2, 0.25) is 0 Å². The highest BCUT2D eigenvalue weighted by molar-refractivity contribution is 7.47. The van der Waals surface area contributed by atoms with Gasteiger partial charge in [0.05, 0.1) is 26.4 Å². The second-order valence-electron chi connectivity index (χ2n) is 29.9. The van der Waals surface area contributed by atoms with Gasteiger partial charge >= 0.3 is 39.5 Å². The number of rotatable bonds is 76. The van der Waals surface area contributed by atoms with E-state index in [0.717, 1.165) is 120 Å². The van der Waals surface area contributed by atoms with Gasteiger partial charge in [-0.25, -0.2) is 9.13 Å². The first kappa shape index (κ1) is 96.1. The quantitative estimate of drug-likeness (QED) is 0.0222. The molecule has 98 heavy (non-hydrogen) atoms. The lowest BCUT2D eigenvalue weighted by Gasteiger charge is -2.21. The Hall–Kier alpha value is -1.94. The molecule has 0 saturated carbocycles. The van der Waals surface area contributed by atoms with Crippen LogP contribution < -0.4 is 0 Å². The summed E-state index contributed by atoms with van der Waals surface area (Å²) in [5.74, 6) is 0.988. The number of unbranched alkanes of at least 4 members (excludes halogenated alkanes) is 40. The van der Waals surface area contributed by atoms with Crippen molar-refractivity contribution in [3.63, 3.8) is 0 Å². The molecule has 0 fully saturated rings. The van der Waals surface area contributed by atoms with Crippen LogP contribution >= 0.6 is 15.6 Å². The predicted molar refractivity (Wildman–Crippen MR) is 400 cm³/mol. The monoisotopic (exact) mass is 1440 g/mol. The molecule has 0 aromatic heterocycles. The topological polar surface area (TPSA) is 237 Å². The van der Waals surface area contributed by atoms with Crippen LogP contribution in [0.4, 0.5) is 0 Å². The van der Waals surface area contributed by atoms with E-state index in [1.54, 1.807) is 0 Å². The average molecular weight is 1440 g/mol. The molecule has 0 bridgehead atoms. The van der Waals surface area contributed by atoms with Crippen LogP contribution in [0.5, 0.6) is 0 Å². The SMILES string of the molecule is CCC(C)CCCCCCCCCCCCCCCCC(=O)O[C@H](COC(=O)CCCCCCCCCCCCCCCCCCC(C)C)COP(=O)(O)OC[C@@H](O)COP(=O)(O)OC[C@@H](COC(=O)CCCCCCCCC(C)CC)OC(=O)CCCCCCCCCCC(C)C. The fraction of sp³-hybridized carbons (Fsp3) is 0.949. The predicted octanol–water partition coefficient (Wildman–Crippen LogP) is 23.2. The summed E-state index contributed by atoms with van der Waals surface area (Å²) >= 11 is 0. The van der Waals surface area contributed by atoms with Crippen LogP contribution in [0.25, 0.3) is 0 Å².